The molecule has 110 valence electrons. The van der Waals surface area contributed by atoms with Gasteiger partial charge in [-0.15, -0.1) is 0 Å². The summed E-state index contributed by atoms with van der Waals surface area (Å²) in [7, 11) is 0. The van der Waals surface area contributed by atoms with Gasteiger partial charge in [0.1, 0.15) is 0 Å². The first-order valence-corrected chi connectivity index (χ1v) is 7.50. The van der Waals surface area contributed by atoms with Gasteiger partial charge in [-0.2, -0.15) is 0 Å². The lowest BCUT2D eigenvalue weighted by molar-refractivity contribution is 0.298. The highest BCUT2D eigenvalue weighted by atomic mass is 16.5. The minimum absolute atomic E-state index is 0.520. The van der Waals surface area contributed by atoms with E-state index in [1.807, 2.05) is 24.3 Å². The molecular weight excluding hydrogens is 264 g/mol. The van der Waals surface area contributed by atoms with Crippen LogP contribution in [0.2, 0.25) is 0 Å². The number of ether oxygens (including phenoxy) is 2. The third-order valence-corrected chi connectivity index (χ3v) is 3.44. The van der Waals surface area contributed by atoms with Crippen LogP contribution in [-0.2, 0) is 6.42 Å². The van der Waals surface area contributed by atoms with Crippen molar-refractivity contribution in [1.29, 1.82) is 0 Å². The van der Waals surface area contributed by atoms with E-state index in [-0.39, 0.29) is 0 Å². The molecule has 3 rings (SSSR count). The normalized spacial score (nSPS) is 13.2. The molecule has 0 radical (unpaired) electrons. The lowest BCUT2D eigenvalue weighted by atomic mass is 10.0. The van der Waals surface area contributed by atoms with Crippen molar-refractivity contribution < 1.29 is 9.47 Å². The van der Waals surface area contributed by atoms with Gasteiger partial charge in [0.2, 0.25) is 0 Å². The van der Waals surface area contributed by atoms with Crippen LogP contribution in [-0.4, -0.2) is 18.1 Å². The summed E-state index contributed by atoms with van der Waals surface area (Å²) in [5.41, 5.74) is 2.38. The molecule has 1 aliphatic rings. The van der Waals surface area contributed by atoms with Gasteiger partial charge in [0.15, 0.2) is 11.5 Å². The molecule has 0 amide bonds. The van der Waals surface area contributed by atoms with E-state index in [0.717, 1.165) is 37.2 Å². The van der Waals surface area contributed by atoms with E-state index in [9.17, 15) is 0 Å². The van der Waals surface area contributed by atoms with Gasteiger partial charge in [-0.25, -0.2) is 4.98 Å². The van der Waals surface area contributed by atoms with Crippen LogP contribution in [0.1, 0.15) is 25.3 Å². The van der Waals surface area contributed by atoms with Crippen molar-refractivity contribution in [1.82, 2.24) is 4.98 Å². The third kappa shape index (κ3) is 3.10. The lowest BCUT2D eigenvalue weighted by Crippen LogP contribution is -2.12. The van der Waals surface area contributed by atoms with Gasteiger partial charge in [-0.1, -0.05) is 19.1 Å². The average molecular weight is 284 g/mol. The summed E-state index contributed by atoms with van der Waals surface area (Å²) in [5.74, 6) is 2.02. The SMILES string of the molecule is CCCOc1cccnc1Oc1cccc2c1NCCC2. The first-order chi connectivity index (χ1) is 10.4. The van der Waals surface area contributed by atoms with Crippen LogP contribution < -0.4 is 14.8 Å². The molecule has 0 aliphatic carbocycles. The van der Waals surface area contributed by atoms with Gasteiger partial charge in [0.05, 0.1) is 12.3 Å². The summed E-state index contributed by atoms with van der Waals surface area (Å²) in [6.07, 6.45) is 4.92. The molecule has 1 aromatic heterocycles. The van der Waals surface area contributed by atoms with E-state index in [4.69, 9.17) is 9.47 Å². The summed E-state index contributed by atoms with van der Waals surface area (Å²) in [5, 5.41) is 3.42. The number of hydrogen-bond donors (Lipinski definition) is 1. The molecule has 2 aromatic rings. The number of hydrogen-bond acceptors (Lipinski definition) is 4. The van der Waals surface area contributed by atoms with E-state index in [1.54, 1.807) is 6.20 Å². The molecule has 0 atom stereocenters. The Hall–Kier alpha value is -2.23. The second kappa shape index (κ2) is 6.48. The molecule has 0 saturated carbocycles. The molecule has 0 saturated heterocycles. The Bertz CT molecular complexity index is 613. The second-order valence-electron chi connectivity index (χ2n) is 5.08. The number of fused-ring (bicyclic) bond motifs is 1. The zero-order chi connectivity index (χ0) is 14.5. The van der Waals surface area contributed by atoms with Crippen LogP contribution in [0.5, 0.6) is 17.4 Å². The molecule has 1 aliphatic heterocycles. The Morgan fingerprint density at radius 2 is 2.10 bits per heavy atom. The Morgan fingerprint density at radius 3 is 3.00 bits per heavy atom. The van der Waals surface area contributed by atoms with Crippen LogP contribution in [0.4, 0.5) is 5.69 Å². The fraction of sp³-hybridized carbons (Fsp3) is 0.353. The maximum Gasteiger partial charge on any atom is 0.262 e. The van der Waals surface area contributed by atoms with Crippen molar-refractivity contribution in [2.45, 2.75) is 26.2 Å². The molecule has 4 heteroatoms. The van der Waals surface area contributed by atoms with Crippen molar-refractivity contribution in [2.75, 3.05) is 18.5 Å². The number of benzene rings is 1. The molecule has 4 nitrogen and oxygen atoms in total. The maximum atomic E-state index is 6.01. The van der Waals surface area contributed by atoms with Crippen LogP contribution in [0.15, 0.2) is 36.5 Å². The van der Waals surface area contributed by atoms with Crippen LogP contribution in [0, 0.1) is 0 Å². The van der Waals surface area contributed by atoms with Gasteiger partial charge in [0.25, 0.3) is 5.88 Å². The first-order valence-electron chi connectivity index (χ1n) is 7.50. The van der Waals surface area contributed by atoms with E-state index >= 15 is 0 Å². The highest BCUT2D eigenvalue weighted by Crippen LogP contribution is 2.37. The molecule has 0 bridgehead atoms. The number of anilines is 1. The number of aromatic nitrogens is 1. The van der Waals surface area contributed by atoms with Crippen LogP contribution in [0.3, 0.4) is 0 Å². The standard InChI is InChI=1S/C17H20N2O2/c1-2-12-20-15-9-5-11-19-17(15)21-14-8-3-6-13-7-4-10-18-16(13)14/h3,5-6,8-9,11,18H,2,4,7,10,12H2,1H3. The molecule has 1 aromatic carbocycles. The lowest BCUT2D eigenvalue weighted by Gasteiger charge is -2.21. The molecule has 1 N–H and O–H groups in total. The number of rotatable bonds is 5. The number of nitrogens with zero attached hydrogens (tertiary/aromatic N) is 1. The fourth-order valence-electron chi connectivity index (χ4n) is 2.44. The zero-order valence-corrected chi connectivity index (χ0v) is 12.3. The second-order valence-corrected chi connectivity index (χ2v) is 5.08. The molecule has 0 fully saturated rings. The number of aryl methyl sites for hydroxylation is 1. The van der Waals surface area contributed by atoms with Gasteiger partial charge in [-0.3, -0.25) is 0 Å². The molecule has 2 heterocycles. The molecule has 21 heavy (non-hydrogen) atoms. The van der Waals surface area contributed by atoms with Crippen LogP contribution >= 0.6 is 0 Å². The van der Waals surface area contributed by atoms with E-state index < -0.39 is 0 Å². The van der Waals surface area contributed by atoms with Crippen molar-refractivity contribution in [3.63, 3.8) is 0 Å². The zero-order valence-electron chi connectivity index (χ0n) is 12.3. The topological polar surface area (TPSA) is 43.4 Å². The van der Waals surface area contributed by atoms with Crippen LogP contribution in [0.25, 0.3) is 0 Å². The Kier molecular flexibility index (Phi) is 4.24. The number of para-hydroxylation sites is 1. The van der Waals surface area contributed by atoms with E-state index in [1.165, 1.54) is 5.56 Å². The Labute approximate surface area is 125 Å². The van der Waals surface area contributed by atoms with Gasteiger partial charge < -0.3 is 14.8 Å². The molecular formula is C17H20N2O2. The largest absolute Gasteiger partial charge is 0.488 e. The van der Waals surface area contributed by atoms with Crippen molar-refractivity contribution in [3.8, 4) is 17.4 Å². The predicted molar refractivity (Wildman–Crippen MR) is 83.3 cm³/mol. The number of pyridine rings is 1. The smallest absolute Gasteiger partial charge is 0.262 e. The summed E-state index contributed by atoms with van der Waals surface area (Å²) >= 11 is 0. The third-order valence-electron chi connectivity index (χ3n) is 3.44. The summed E-state index contributed by atoms with van der Waals surface area (Å²) in [4.78, 5) is 4.30. The minimum Gasteiger partial charge on any atom is -0.488 e. The Balaban J connectivity index is 1.87. The summed E-state index contributed by atoms with van der Waals surface area (Å²) in [6, 6.07) is 9.88. The molecule has 0 unspecified atom stereocenters. The van der Waals surface area contributed by atoms with Gasteiger partial charge in [0, 0.05) is 12.7 Å². The predicted octanol–water partition coefficient (Wildman–Crippen LogP) is 4.02. The minimum atomic E-state index is 0.520. The quantitative estimate of drug-likeness (QED) is 0.900. The average Bonchev–Trinajstić information content (AvgIpc) is 2.54. The first kappa shape index (κ1) is 13.7. The maximum absolute atomic E-state index is 6.01. The highest BCUT2D eigenvalue weighted by Gasteiger charge is 2.15. The van der Waals surface area contributed by atoms with Crippen molar-refractivity contribution in [2.24, 2.45) is 0 Å². The Morgan fingerprint density at radius 1 is 1.19 bits per heavy atom. The van der Waals surface area contributed by atoms with Gasteiger partial charge in [-0.05, 0) is 43.0 Å². The van der Waals surface area contributed by atoms with Gasteiger partial charge >= 0.3 is 0 Å². The van der Waals surface area contributed by atoms with E-state index in [0.29, 0.717) is 18.2 Å². The summed E-state index contributed by atoms with van der Waals surface area (Å²) in [6.45, 7) is 3.72. The molecule has 0 spiro atoms. The van der Waals surface area contributed by atoms with Crippen molar-refractivity contribution >= 4 is 5.69 Å². The summed E-state index contributed by atoms with van der Waals surface area (Å²) < 4.78 is 11.7. The monoisotopic (exact) mass is 284 g/mol. The van der Waals surface area contributed by atoms with E-state index in [2.05, 4.69) is 23.3 Å². The van der Waals surface area contributed by atoms with Crippen molar-refractivity contribution in [3.05, 3.63) is 42.1 Å². The number of nitrogens with one attached hydrogen (secondary N) is 1. The highest BCUT2D eigenvalue weighted by molar-refractivity contribution is 5.64. The fourth-order valence-corrected chi connectivity index (χ4v) is 2.44.